The molecule has 156 valence electrons. The fourth-order valence-electron chi connectivity index (χ4n) is 4.87. The van der Waals surface area contributed by atoms with Gasteiger partial charge in [-0.2, -0.15) is 5.10 Å². The van der Waals surface area contributed by atoms with Crippen LogP contribution in [0.5, 0.6) is 0 Å². The van der Waals surface area contributed by atoms with Crippen molar-refractivity contribution in [3.05, 3.63) is 47.8 Å². The fourth-order valence-corrected chi connectivity index (χ4v) is 4.87. The number of amides is 1. The summed E-state index contributed by atoms with van der Waals surface area (Å²) in [7, 11) is 0. The number of hydrogen-bond acceptors (Lipinski definition) is 3. The SMILES string of the molecule is CC1CCCCN1CCC(=O)N1Cc2cnn(-c3ccccc3)c2CC(C)(C)C1. The molecule has 1 amide bonds. The Hall–Kier alpha value is -2.14. The third-order valence-electron chi connectivity index (χ3n) is 6.49. The molecule has 4 rings (SSSR count). The van der Waals surface area contributed by atoms with E-state index in [-0.39, 0.29) is 11.3 Å². The van der Waals surface area contributed by atoms with E-state index in [9.17, 15) is 4.79 Å². The summed E-state index contributed by atoms with van der Waals surface area (Å²) >= 11 is 0. The van der Waals surface area contributed by atoms with Crippen molar-refractivity contribution in [1.29, 1.82) is 0 Å². The van der Waals surface area contributed by atoms with Crippen LogP contribution >= 0.6 is 0 Å². The molecule has 1 atom stereocenters. The maximum Gasteiger partial charge on any atom is 0.224 e. The standard InChI is InChI=1S/C24H34N4O/c1-19-9-7-8-13-26(19)14-12-23(29)27-17-20-16-25-28(21-10-5-4-6-11-21)22(20)15-24(2,3)18-27/h4-6,10-11,16,19H,7-9,12-15,17-18H2,1-3H3. The van der Waals surface area contributed by atoms with Crippen molar-refractivity contribution in [2.45, 2.75) is 65.5 Å². The summed E-state index contributed by atoms with van der Waals surface area (Å²) in [5.74, 6) is 0.274. The van der Waals surface area contributed by atoms with Gasteiger partial charge in [0, 0.05) is 43.4 Å². The molecule has 1 saturated heterocycles. The highest BCUT2D eigenvalue weighted by molar-refractivity contribution is 5.76. The summed E-state index contributed by atoms with van der Waals surface area (Å²) in [6, 6.07) is 10.9. The lowest BCUT2D eigenvalue weighted by Crippen LogP contribution is -2.42. The van der Waals surface area contributed by atoms with Gasteiger partial charge in [-0.25, -0.2) is 4.68 Å². The lowest BCUT2D eigenvalue weighted by atomic mass is 9.87. The molecule has 1 aromatic heterocycles. The van der Waals surface area contributed by atoms with Crippen LogP contribution in [-0.4, -0.2) is 51.2 Å². The van der Waals surface area contributed by atoms with Gasteiger partial charge in [0.05, 0.1) is 11.9 Å². The Morgan fingerprint density at radius 1 is 1.21 bits per heavy atom. The second kappa shape index (κ2) is 8.31. The molecule has 0 saturated carbocycles. The number of carbonyl (C=O) groups is 1. The van der Waals surface area contributed by atoms with E-state index < -0.39 is 0 Å². The molecule has 2 aliphatic rings. The van der Waals surface area contributed by atoms with E-state index >= 15 is 0 Å². The van der Waals surface area contributed by atoms with Crippen LogP contribution in [0.3, 0.4) is 0 Å². The quantitative estimate of drug-likeness (QED) is 0.786. The van der Waals surface area contributed by atoms with Crippen molar-refractivity contribution in [2.24, 2.45) is 5.41 Å². The van der Waals surface area contributed by atoms with E-state index in [1.165, 1.54) is 30.5 Å². The molecule has 2 aliphatic heterocycles. The number of fused-ring (bicyclic) bond motifs is 1. The minimum Gasteiger partial charge on any atom is -0.338 e. The molecule has 0 aliphatic carbocycles. The van der Waals surface area contributed by atoms with Crippen LogP contribution in [-0.2, 0) is 17.8 Å². The lowest BCUT2D eigenvalue weighted by Gasteiger charge is -2.34. The van der Waals surface area contributed by atoms with E-state index in [4.69, 9.17) is 0 Å². The predicted molar refractivity (Wildman–Crippen MR) is 116 cm³/mol. The van der Waals surface area contributed by atoms with Crippen molar-refractivity contribution in [3.63, 3.8) is 0 Å². The fraction of sp³-hybridized carbons (Fsp3) is 0.583. The van der Waals surface area contributed by atoms with Gasteiger partial charge in [-0.05, 0) is 50.3 Å². The molecular weight excluding hydrogens is 360 g/mol. The normalized spacial score (nSPS) is 22.2. The lowest BCUT2D eigenvalue weighted by molar-refractivity contribution is -0.133. The van der Waals surface area contributed by atoms with Crippen LogP contribution in [0, 0.1) is 5.41 Å². The van der Waals surface area contributed by atoms with E-state index in [0.29, 0.717) is 19.0 Å². The van der Waals surface area contributed by atoms with Gasteiger partial charge in [-0.3, -0.25) is 4.79 Å². The van der Waals surface area contributed by atoms with E-state index in [1.807, 2.05) is 24.4 Å². The highest BCUT2D eigenvalue weighted by atomic mass is 16.2. The van der Waals surface area contributed by atoms with Crippen LogP contribution in [0.15, 0.2) is 36.5 Å². The molecule has 5 nitrogen and oxygen atoms in total. The summed E-state index contributed by atoms with van der Waals surface area (Å²) in [4.78, 5) is 17.7. The van der Waals surface area contributed by atoms with Crippen molar-refractivity contribution in [3.8, 4) is 5.69 Å². The second-order valence-corrected chi connectivity index (χ2v) is 9.59. The van der Waals surface area contributed by atoms with Gasteiger partial charge in [-0.15, -0.1) is 0 Å². The number of nitrogens with zero attached hydrogens (tertiary/aromatic N) is 4. The molecule has 0 bridgehead atoms. The molecule has 1 fully saturated rings. The van der Waals surface area contributed by atoms with Gasteiger partial charge in [0.15, 0.2) is 0 Å². The van der Waals surface area contributed by atoms with E-state index in [1.54, 1.807) is 0 Å². The molecule has 0 radical (unpaired) electrons. The highest BCUT2D eigenvalue weighted by Gasteiger charge is 2.33. The number of benzene rings is 1. The maximum atomic E-state index is 13.1. The largest absolute Gasteiger partial charge is 0.338 e. The number of likely N-dealkylation sites (tertiary alicyclic amines) is 1. The van der Waals surface area contributed by atoms with Gasteiger partial charge in [-0.1, -0.05) is 38.5 Å². The van der Waals surface area contributed by atoms with Crippen LogP contribution in [0.25, 0.3) is 5.69 Å². The third-order valence-corrected chi connectivity index (χ3v) is 6.49. The Labute approximate surface area is 174 Å². The Morgan fingerprint density at radius 2 is 2.00 bits per heavy atom. The maximum absolute atomic E-state index is 13.1. The number of piperidine rings is 1. The Balaban J connectivity index is 1.50. The van der Waals surface area contributed by atoms with Crippen LogP contribution in [0.4, 0.5) is 0 Å². The average Bonchev–Trinajstić information content (AvgIpc) is 3.02. The average molecular weight is 395 g/mol. The first-order valence-electron chi connectivity index (χ1n) is 11.1. The van der Waals surface area contributed by atoms with Crippen molar-refractivity contribution < 1.29 is 4.79 Å². The molecule has 2 aromatic rings. The van der Waals surface area contributed by atoms with Gasteiger partial charge >= 0.3 is 0 Å². The number of para-hydroxylation sites is 1. The predicted octanol–water partition coefficient (Wildman–Crippen LogP) is 4.05. The first-order valence-corrected chi connectivity index (χ1v) is 11.1. The molecule has 3 heterocycles. The van der Waals surface area contributed by atoms with Crippen molar-refractivity contribution >= 4 is 5.91 Å². The number of aromatic nitrogens is 2. The Bertz CT molecular complexity index is 842. The summed E-state index contributed by atoms with van der Waals surface area (Å²) in [5.41, 5.74) is 3.52. The van der Waals surface area contributed by atoms with Gasteiger partial charge in [0.25, 0.3) is 0 Å². The summed E-state index contributed by atoms with van der Waals surface area (Å²) in [6.07, 6.45) is 7.33. The smallest absolute Gasteiger partial charge is 0.224 e. The molecule has 5 heteroatoms. The number of carbonyl (C=O) groups excluding carboxylic acids is 1. The van der Waals surface area contributed by atoms with Gasteiger partial charge in [0.2, 0.25) is 5.91 Å². The van der Waals surface area contributed by atoms with Gasteiger partial charge in [0.1, 0.15) is 0 Å². The Morgan fingerprint density at radius 3 is 2.76 bits per heavy atom. The topological polar surface area (TPSA) is 41.4 Å². The molecular formula is C24H34N4O. The zero-order valence-electron chi connectivity index (χ0n) is 18.1. The zero-order chi connectivity index (χ0) is 20.4. The summed E-state index contributed by atoms with van der Waals surface area (Å²) in [5, 5.41) is 4.67. The highest BCUT2D eigenvalue weighted by Crippen LogP contribution is 2.32. The van der Waals surface area contributed by atoms with Crippen molar-refractivity contribution in [1.82, 2.24) is 19.6 Å². The zero-order valence-corrected chi connectivity index (χ0v) is 18.1. The first kappa shape index (κ1) is 20.1. The monoisotopic (exact) mass is 394 g/mol. The van der Waals surface area contributed by atoms with Gasteiger partial charge < -0.3 is 9.80 Å². The molecule has 0 N–H and O–H groups in total. The summed E-state index contributed by atoms with van der Waals surface area (Å²) < 4.78 is 2.06. The van der Waals surface area contributed by atoms with Crippen molar-refractivity contribution in [2.75, 3.05) is 19.6 Å². The number of rotatable bonds is 4. The molecule has 1 aromatic carbocycles. The molecule has 1 unspecified atom stereocenters. The van der Waals surface area contributed by atoms with Crippen LogP contribution < -0.4 is 0 Å². The van der Waals surface area contributed by atoms with Crippen LogP contribution in [0.1, 0.15) is 57.7 Å². The van der Waals surface area contributed by atoms with E-state index in [2.05, 4.69) is 52.5 Å². The molecule has 29 heavy (non-hydrogen) atoms. The summed E-state index contributed by atoms with van der Waals surface area (Å²) in [6.45, 7) is 10.3. The second-order valence-electron chi connectivity index (χ2n) is 9.59. The molecule has 0 spiro atoms. The van der Waals surface area contributed by atoms with E-state index in [0.717, 1.165) is 31.7 Å². The minimum absolute atomic E-state index is 0.0197. The third kappa shape index (κ3) is 4.55. The number of hydrogen-bond donors (Lipinski definition) is 0. The minimum atomic E-state index is 0.0197. The van der Waals surface area contributed by atoms with Crippen LogP contribution in [0.2, 0.25) is 0 Å². The first-order chi connectivity index (χ1) is 13.9. The Kier molecular flexibility index (Phi) is 5.77.